The number of nitrogens with zero attached hydrogens (tertiary/aromatic N) is 1. The Morgan fingerprint density at radius 1 is 1.58 bits per heavy atom. The van der Waals surface area contributed by atoms with Gasteiger partial charge in [-0.15, -0.1) is 0 Å². The van der Waals surface area contributed by atoms with Crippen molar-refractivity contribution in [2.75, 3.05) is 5.75 Å². The molecule has 1 aromatic carbocycles. The molecule has 0 fully saturated rings. The lowest BCUT2D eigenvalue weighted by Gasteiger charge is -2.07. The Morgan fingerprint density at radius 3 is 2.84 bits per heavy atom. The monoisotopic (exact) mass is 348 g/mol. The lowest BCUT2D eigenvalue weighted by atomic mass is 10.2. The van der Waals surface area contributed by atoms with Crippen LogP contribution in [0.2, 0.25) is 0 Å². The predicted molar refractivity (Wildman–Crippen MR) is 77.2 cm³/mol. The molecule has 8 heteroatoms. The molecule has 1 aromatic rings. The van der Waals surface area contributed by atoms with E-state index in [2.05, 4.69) is 15.9 Å². The maximum absolute atomic E-state index is 10.8. The van der Waals surface area contributed by atoms with E-state index >= 15 is 0 Å². The summed E-state index contributed by atoms with van der Waals surface area (Å²) < 4.78 is 0.468. The van der Waals surface area contributed by atoms with Crippen molar-refractivity contribution in [3.63, 3.8) is 0 Å². The van der Waals surface area contributed by atoms with Gasteiger partial charge in [0.05, 0.1) is 9.40 Å². The first kappa shape index (κ1) is 15.9. The summed E-state index contributed by atoms with van der Waals surface area (Å²) >= 11 is 4.70. The van der Waals surface area contributed by atoms with E-state index in [1.807, 2.05) is 0 Å². The number of benzene rings is 1. The second-order valence-electron chi connectivity index (χ2n) is 3.79. The predicted octanol–water partition coefficient (Wildman–Crippen LogP) is 2.39. The van der Waals surface area contributed by atoms with Crippen molar-refractivity contribution in [3.8, 4) is 0 Å². The highest BCUT2D eigenvalue weighted by atomic mass is 79.9. The van der Waals surface area contributed by atoms with Gasteiger partial charge >= 0.3 is 5.97 Å². The number of hydrogen-bond donors (Lipinski definition) is 2. The number of halogens is 1. The molecule has 0 aromatic heterocycles. The summed E-state index contributed by atoms with van der Waals surface area (Å²) in [5, 5.41) is 19.4. The third kappa shape index (κ3) is 4.81. The lowest BCUT2D eigenvalue weighted by Crippen LogP contribution is -2.30. The zero-order valence-electron chi connectivity index (χ0n) is 9.91. The van der Waals surface area contributed by atoms with Crippen molar-refractivity contribution in [2.24, 2.45) is 5.73 Å². The van der Waals surface area contributed by atoms with Crippen molar-refractivity contribution in [1.82, 2.24) is 0 Å². The van der Waals surface area contributed by atoms with Gasteiger partial charge in [0.1, 0.15) is 6.04 Å². The van der Waals surface area contributed by atoms with Crippen molar-refractivity contribution in [3.05, 3.63) is 38.3 Å². The Labute approximate surface area is 122 Å². The normalized spacial score (nSPS) is 12.1. The lowest BCUT2D eigenvalue weighted by molar-refractivity contribution is -0.385. The van der Waals surface area contributed by atoms with Gasteiger partial charge in [0, 0.05) is 11.8 Å². The van der Waals surface area contributed by atoms with E-state index < -0.39 is 16.9 Å². The molecule has 0 saturated heterocycles. The molecule has 0 saturated carbocycles. The number of carboxylic acid groups (broad SMARTS) is 1. The number of nitro groups is 1. The summed E-state index contributed by atoms with van der Waals surface area (Å²) in [5.41, 5.74) is 6.21. The average Bonchev–Trinajstić information content (AvgIpc) is 2.35. The van der Waals surface area contributed by atoms with E-state index in [4.69, 9.17) is 10.8 Å². The van der Waals surface area contributed by atoms with Crippen LogP contribution in [0.1, 0.15) is 12.0 Å². The first-order chi connectivity index (χ1) is 8.93. The van der Waals surface area contributed by atoms with Gasteiger partial charge in [0.25, 0.3) is 5.69 Å². The van der Waals surface area contributed by atoms with Gasteiger partial charge in [0.15, 0.2) is 0 Å². The van der Waals surface area contributed by atoms with Crippen LogP contribution in [-0.2, 0) is 10.5 Å². The third-order valence-electron chi connectivity index (χ3n) is 2.40. The second kappa shape index (κ2) is 7.46. The maximum atomic E-state index is 10.8. The molecule has 0 aliphatic rings. The molecule has 0 heterocycles. The second-order valence-corrected chi connectivity index (χ2v) is 5.69. The summed E-state index contributed by atoms with van der Waals surface area (Å²) in [6.07, 6.45) is 0.368. The van der Waals surface area contributed by atoms with Gasteiger partial charge < -0.3 is 10.8 Å². The van der Waals surface area contributed by atoms with E-state index in [9.17, 15) is 14.9 Å². The Kier molecular flexibility index (Phi) is 6.26. The highest BCUT2D eigenvalue weighted by Gasteiger charge is 2.15. The molecule has 0 radical (unpaired) electrons. The standard InChI is InChI=1S/C11H13BrN2O4S/c12-10-7(2-1-3-9(10)14(17)18)6-19-5-4-8(13)11(15)16/h1-3,8H,4-6,13H2,(H,15,16). The van der Waals surface area contributed by atoms with E-state index in [0.717, 1.165) is 5.56 Å². The topological polar surface area (TPSA) is 106 Å². The fourth-order valence-electron chi connectivity index (χ4n) is 1.33. The number of hydrogen-bond acceptors (Lipinski definition) is 5. The first-order valence-corrected chi connectivity index (χ1v) is 7.36. The molecule has 1 atom stereocenters. The van der Waals surface area contributed by atoms with Crippen LogP contribution < -0.4 is 5.73 Å². The average molecular weight is 349 g/mol. The van der Waals surface area contributed by atoms with E-state index in [1.54, 1.807) is 12.1 Å². The highest BCUT2D eigenvalue weighted by Crippen LogP contribution is 2.30. The Hall–Kier alpha value is -1.12. The van der Waals surface area contributed by atoms with Gasteiger partial charge in [-0.1, -0.05) is 12.1 Å². The zero-order valence-corrected chi connectivity index (χ0v) is 12.3. The number of nitrogens with two attached hydrogens (primary N) is 1. The Balaban J connectivity index is 2.52. The molecule has 0 amide bonds. The molecule has 0 spiro atoms. The number of carboxylic acids is 1. The number of thioether (sulfide) groups is 1. The van der Waals surface area contributed by atoms with Crippen LogP contribution in [0.15, 0.2) is 22.7 Å². The van der Waals surface area contributed by atoms with Gasteiger partial charge in [-0.05, 0) is 33.7 Å². The fourth-order valence-corrected chi connectivity index (χ4v) is 3.09. The molecule has 104 valence electrons. The fraction of sp³-hybridized carbons (Fsp3) is 0.364. The molecule has 3 N–H and O–H groups in total. The third-order valence-corrected chi connectivity index (χ3v) is 4.36. The van der Waals surface area contributed by atoms with Crippen LogP contribution in [-0.4, -0.2) is 27.8 Å². The van der Waals surface area contributed by atoms with Crippen molar-refractivity contribution in [1.29, 1.82) is 0 Å². The van der Waals surface area contributed by atoms with E-state index in [1.165, 1.54) is 17.8 Å². The molecular formula is C11H13BrN2O4S. The quantitative estimate of drug-likeness (QED) is 0.445. The summed E-state index contributed by atoms with van der Waals surface area (Å²) in [7, 11) is 0. The largest absolute Gasteiger partial charge is 0.480 e. The van der Waals surface area contributed by atoms with Gasteiger partial charge in [-0.25, -0.2) is 0 Å². The van der Waals surface area contributed by atoms with E-state index in [0.29, 0.717) is 22.4 Å². The van der Waals surface area contributed by atoms with Crippen LogP contribution in [0.25, 0.3) is 0 Å². The molecular weight excluding hydrogens is 336 g/mol. The zero-order chi connectivity index (χ0) is 14.4. The summed E-state index contributed by atoms with van der Waals surface area (Å²) in [6, 6.07) is 3.99. The number of rotatable bonds is 7. The van der Waals surface area contributed by atoms with Crippen LogP contribution >= 0.6 is 27.7 Å². The smallest absolute Gasteiger partial charge is 0.320 e. The Bertz CT molecular complexity index is 484. The van der Waals surface area contributed by atoms with Crippen LogP contribution in [0.4, 0.5) is 5.69 Å². The van der Waals surface area contributed by atoms with Crippen LogP contribution in [0.5, 0.6) is 0 Å². The van der Waals surface area contributed by atoms with Crippen molar-refractivity contribution < 1.29 is 14.8 Å². The molecule has 0 bridgehead atoms. The number of carbonyl (C=O) groups is 1. The molecule has 6 nitrogen and oxygen atoms in total. The SMILES string of the molecule is NC(CCSCc1cccc([N+](=O)[O-])c1Br)C(=O)O. The van der Waals surface area contributed by atoms with Crippen LogP contribution in [0, 0.1) is 10.1 Å². The molecule has 19 heavy (non-hydrogen) atoms. The minimum atomic E-state index is -1.02. The highest BCUT2D eigenvalue weighted by molar-refractivity contribution is 9.10. The minimum Gasteiger partial charge on any atom is -0.480 e. The van der Waals surface area contributed by atoms with Gasteiger partial charge in [0.2, 0.25) is 0 Å². The molecule has 0 aliphatic carbocycles. The molecule has 1 unspecified atom stereocenters. The van der Waals surface area contributed by atoms with Crippen LogP contribution in [0.3, 0.4) is 0 Å². The number of nitro benzene ring substituents is 1. The van der Waals surface area contributed by atoms with Crippen molar-refractivity contribution in [2.45, 2.75) is 18.2 Å². The summed E-state index contributed by atoms with van der Waals surface area (Å²) in [4.78, 5) is 20.8. The Morgan fingerprint density at radius 2 is 2.26 bits per heavy atom. The van der Waals surface area contributed by atoms with Gasteiger partial charge in [-0.3, -0.25) is 14.9 Å². The van der Waals surface area contributed by atoms with E-state index in [-0.39, 0.29) is 5.69 Å². The minimum absolute atomic E-state index is 0.0281. The van der Waals surface area contributed by atoms with Gasteiger partial charge in [-0.2, -0.15) is 11.8 Å². The summed E-state index contributed by atoms with van der Waals surface area (Å²) in [5.74, 6) is 0.133. The first-order valence-electron chi connectivity index (χ1n) is 5.41. The molecule has 0 aliphatic heterocycles. The molecule has 1 rings (SSSR count). The maximum Gasteiger partial charge on any atom is 0.320 e. The number of aliphatic carboxylic acids is 1. The van der Waals surface area contributed by atoms with Crippen molar-refractivity contribution >= 4 is 39.3 Å². The summed E-state index contributed by atoms with van der Waals surface area (Å²) in [6.45, 7) is 0.